The number of rotatable bonds is 4. The molecule has 0 N–H and O–H groups in total. The highest BCUT2D eigenvalue weighted by molar-refractivity contribution is 5.43. The molecule has 0 aliphatic carbocycles. The molecule has 1 aromatic carbocycles. The number of benzene rings is 1. The molecule has 0 spiro atoms. The Morgan fingerprint density at radius 2 is 1.12 bits per heavy atom. The number of hydrogen-bond acceptors (Lipinski definition) is 3. The molecular weight excluding hydrogens is 210 g/mol. The van der Waals surface area contributed by atoms with Crippen molar-refractivity contribution in [2.45, 2.75) is 0 Å². The van der Waals surface area contributed by atoms with E-state index in [9.17, 15) is 0 Å². The maximum atomic E-state index is 2.18. The van der Waals surface area contributed by atoms with Gasteiger partial charge in [0, 0.05) is 32.9 Å². The van der Waals surface area contributed by atoms with Gasteiger partial charge in [0.05, 0.1) is 0 Å². The zero-order chi connectivity index (χ0) is 13.3. The second kappa shape index (κ2) is 9.02. The smallest absolute Gasteiger partial charge is 0.0360 e. The quantitative estimate of drug-likeness (QED) is 0.791. The summed E-state index contributed by atoms with van der Waals surface area (Å²) in [6.45, 7) is 2.29. The summed E-state index contributed by atoms with van der Waals surface area (Å²) < 4.78 is 0. The first-order chi connectivity index (χ1) is 7.93. The molecule has 98 valence electrons. The maximum absolute atomic E-state index is 2.18. The minimum atomic E-state index is 1.15. The van der Waals surface area contributed by atoms with E-state index in [0.717, 1.165) is 13.1 Å². The molecule has 3 heteroatoms. The van der Waals surface area contributed by atoms with E-state index in [4.69, 9.17) is 0 Å². The zero-order valence-corrected chi connectivity index (χ0v) is 12.1. The molecule has 0 amide bonds. The summed E-state index contributed by atoms with van der Waals surface area (Å²) in [6.07, 6.45) is 0. The molecule has 0 atom stereocenters. The Hall–Kier alpha value is -1.06. The zero-order valence-electron chi connectivity index (χ0n) is 12.1. The van der Waals surface area contributed by atoms with E-state index in [0.29, 0.717) is 0 Å². The first kappa shape index (κ1) is 15.9. The van der Waals surface area contributed by atoms with Crippen molar-refractivity contribution >= 4 is 5.69 Å². The molecule has 0 aromatic heterocycles. The lowest BCUT2D eigenvalue weighted by atomic mass is 10.3. The van der Waals surface area contributed by atoms with Crippen LogP contribution in [0.15, 0.2) is 30.3 Å². The van der Waals surface area contributed by atoms with Crippen LogP contribution in [-0.4, -0.2) is 65.2 Å². The molecule has 0 aliphatic heterocycles. The Labute approximate surface area is 107 Å². The van der Waals surface area contributed by atoms with E-state index in [1.165, 1.54) is 5.69 Å². The number of nitrogens with zero attached hydrogens (tertiary/aromatic N) is 3. The molecule has 3 nitrogen and oxygen atoms in total. The summed E-state index contributed by atoms with van der Waals surface area (Å²) in [4.78, 5) is 6.44. The standard InChI is InChI=1S/C8H11N.C6H16N2/c1-9(2)8-6-4-3-5-7-8;1-7(2)5-6-8(3)4/h3-7H,1-2H3;5-6H2,1-4H3. The van der Waals surface area contributed by atoms with E-state index in [-0.39, 0.29) is 0 Å². The van der Waals surface area contributed by atoms with Gasteiger partial charge < -0.3 is 14.7 Å². The highest BCUT2D eigenvalue weighted by Gasteiger charge is 1.89. The summed E-state index contributed by atoms with van der Waals surface area (Å²) in [5.41, 5.74) is 1.25. The molecule has 1 rings (SSSR count). The van der Waals surface area contributed by atoms with Gasteiger partial charge in [-0.15, -0.1) is 0 Å². The number of likely N-dealkylation sites (N-methyl/N-ethyl adjacent to an activating group) is 2. The Morgan fingerprint density at radius 1 is 0.706 bits per heavy atom. The highest BCUT2D eigenvalue weighted by Crippen LogP contribution is 2.07. The van der Waals surface area contributed by atoms with Crippen LogP contribution in [0.3, 0.4) is 0 Å². The van der Waals surface area contributed by atoms with Crippen molar-refractivity contribution in [1.29, 1.82) is 0 Å². The minimum Gasteiger partial charge on any atom is -0.378 e. The normalized spacial score (nSPS) is 10.1. The van der Waals surface area contributed by atoms with Crippen molar-refractivity contribution in [1.82, 2.24) is 9.80 Å². The van der Waals surface area contributed by atoms with Crippen LogP contribution in [0, 0.1) is 0 Å². The van der Waals surface area contributed by atoms with Crippen LogP contribution in [0.4, 0.5) is 5.69 Å². The van der Waals surface area contributed by atoms with Crippen molar-refractivity contribution in [3.8, 4) is 0 Å². The Kier molecular flexibility index (Phi) is 8.46. The highest BCUT2D eigenvalue weighted by atomic mass is 15.1. The third-order valence-corrected chi connectivity index (χ3v) is 2.27. The molecule has 0 aliphatic rings. The topological polar surface area (TPSA) is 9.72 Å². The predicted octanol–water partition coefficient (Wildman–Crippen LogP) is 1.86. The van der Waals surface area contributed by atoms with Crippen LogP contribution in [0.25, 0.3) is 0 Å². The van der Waals surface area contributed by atoms with Crippen LogP contribution in [-0.2, 0) is 0 Å². The predicted molar refractivity (Wildman–Crippen MR) is 77.9 cm³/mol. The van der Waals surface area contributed by atoms with Gasteiger partial charge in [-0.3, -0.25) is 0 Å². The van der Waals surface area contributed by atoms with Crippen molar-refractivity contribution in [2.75, 3.05) is 60.3 Å². The van der Waals surface area contributed by atoms with Crippen molar-refractivity contribution < 1.29 is 0 Å². The second-order valence-electron chi connectivity index (χ2n) is 4.84. The third kappa shape index (κ3) is 9.85. The number of anilines is 1. The fourth-order valence-electron chi connectivity index (χ4n) is 1.13. The SMILES string of the molecule is CN(C)CCN(C)C.CN(C)c1ccccc1. The van der Waals surface area contributed by atoms with Crippen LogP contribution < -0.4 is 4.90 Å². The van der Waals surface area contributed by atoms with Gasteiger partial charge in [-0.05, 0) is 40.3 Å². The van der Waals surface area contributed by atoms with E-state index in [1.807, 2.05) is 32.3 Å². The van der Waals surface area contributed by atoms with Crippen LogP contribution in [0.1, 0.15) is 0 Å². The van der Waals surface area contributed by atoms with Crippen molar-refractivity contribution in [3.05, 3.63) is 30.3 Å². The molecular formula is C14H27N3. The maximum Gasteiger partial charge on any atom is 0.0360 e. The summed E-state index contributed by atoms with van der Waals surface area (Å²) in [7, 11) is 12.4. The fraction of sp³-hybridized carbons (Fsp3) is 0.571. The van der Waals surface area contributed by atoms with Gasteiger partial charge in [-0.25, -0.2) is 0 Å². The van der Waals surface area contributed by atoms with Crippen LogP contribution >= 0.6 is 0 Å². The van der Waals surface area contributed by atoms with Gasteiger partial charge in [-0.1, -0.05) is 18.2 Å². The average molecular weight is 237 g/mol. The molecule has 0 unspecified atom stereocenters. The van der Waals surface area contributed by atoms with Crippen LogP contribution in [0.5, 0.6) is 0 Å². The van der Waals surface area contributed by atoms with Crippen LogP contribution in [0.2, 0.25) is 0 Å². The molecule has 0 radical (unpaired) electrons. The van der Waals surface area contributed by atoms with E-state index >= 15 is 0 Å². The van der Waals surface area contributed by atoms with Gasteiger partial charge in [0.1, 0.15) is 0 Å². The lowest BCUT2D eigenvalue weighted by Crippen LogP contribution is -2.25. The Balaban J connectivity index is 0.000000304. The molecule has 0 fully saturated rings. The lowest BCUT2D eigenvalue weighted by Gasteiger charge is -2.13. The average Bonchev–Trinajstić information content (AvgIpc) is 2.28. The molecule has 0 saturated carbocycles. The Morgan fingerprint density at radius 3 is 1.35 bits per heavy atom. The molecule has 1 aromatic rings. The summed E-state index contributed by atoms with van der Waals surface area (Å²) in [6, 6.07) is 10.3. The van der Waals surface area contributed by atoms with Gasteiger partial charge in [0.25, 0.3) is 0 Å². The van der Waals surface area contributed by atoms with E-state index in [1.54, 1.807) is 0 Å². The van der Waals surface area contributed by atoms with Gasteiger partial charge in [-0.2, -0.15) is 0 Å². The van der Waals surface area contributed by atoms with Gasteiger partial charge in [0.15, 0.2) is 0 Å². The largest absolute Gasteiger partial charge is 0.378 e. The summed E-state index contributed by atoms with van der Waals surface area (Å²) in [5.74, 6) is 0. The molecule has 0 bridgehead atoms. The first-order valence-electron chi connectivity index (χ1n) is 5.95. The first-order valence-corrected chi connectivity index (χ1v) is 5.95. The fourth-order valence-corrected chi connectivity index (χ4v) is 1.13. The molecule has 17 heavy (non-hydrogen) atoms. The van der Waals surface area contributed by atoms with Gasteiger partial charge in [0.2, 0.25) is 0 Å². The molecule has 0 heterocycles. The minimum absolute atomic E-state index is 1.15. The third-order valence-electron chi connectivity index (χ3n) is 2.27. The van der Waals surface area contributed by atoms with Gasteiger partial charge >= 0.3 is 0 Å². The van der Waals surface area contributed by atoms with E-state index < -0.39 is 0 Å². The second-order valence-corrected chi connectivity index (χ2v) is 4.84. The van der Waals surface area contributed by atoms with Crippen molar-refractivity contribution in [3.63, 3.8) is 0 Å². The van der Waals surface area contributed by atoms with Crippen molar-refractivity contribution in [2.24, 2.45) is 0 Å². The monoisotopic (exact) mass is 237 g/mol. The number of hydrogen-bond donors (Lipinski definition) is 0. The summed E-state index contributed by atoms with van der Waals surface area (Å²) in [5, 5.41) is 0. The molecule has 0 saturated heterocycles. The Bertz CT molecular complexity index is 260. The summed E-state index contributed by atoms with van der Waals surface area (Å²) >= 11 is 0. The lowest BCUT2D eigenvalue weighted by molar-refractivity contribution is 0.320. The van der Waals surface area contributed by atoms with E-state index in [2.05, 4.69) is 55.0 Å². The number of para-hydroxylation sites is 1.